The first-order chi connectivity index (χ1) is 24.0. The van der Waals surface area contributed by atoms with Gasteiger partial charge in [0.15, 0.2) is 17.5 Å². The molecule has 0 aliphatic heterocycles. The summed E-state index contributed by atoms with van der Waals surface area (Å²) in [6.45, 7) is 4.68. The Hall–Kier alpha value is -6.26. The van der Waals surface area contributed by atoms with Crippen LogP contribution < -0.4 is 0 Å². The summed E-state index contributed by atoms with van der Waals surface area (Å²) in [5.41, 5.74) is 12.7. The molecule has 1 aliphatic carbocycles. The average molecular weight is 629 g/mol. The molecule has 0 bridgehead atoms. The molecule has 8 aromatic rings. The van der Waals surface area contributed by atoms with Crippen molar-refractivity contribution in [2.24, 2.45) is 0 Å². The molecule has 232 valence electrons. The second-order valence-electron chi connectivity index (χ2n) is 13.1. The molecule has 0 saturated carbocycles. The smallest absolute Gasteiger partial charge is 0.165 e. The Kier molecular flexibility index (Phi) is 6.77. The van der Waals surface area contributed by atoms with Crippen LogP contribution in [0.4, 0.5) is 0 Å². The Bertz CT molecular complexity index is 2500. The normalized spacial score (nSPS) is 12.9. The van der Waals surface area contributed by atoms with Crippen LogP contribution in [0, 0.1) is 0 Å². The quantitative estimate of drug-likeness (QED) is 0.190. The highest BCUT2D eigenvalue weighted by Gasteiger charge is 2.37. The molecular weight excluding hydrogens is 597 g/mol. The lowest BCUT2D eigenvalue weighted by Gasteiger charge is -2.21. The van der Waals surface area contributed by atoms with Crippen molar-refractivity contribution in [2.75, 3.05) is 0 Å². The molecular formula is C45H32N4. The molecule has 0 fully saturated rings. The molecule has 0 amide bonds. The lowest BCUT2D eigenvalue weighted by atomic mass is 9.81. The van der Waals surface area contributed by atoms with Crippen LogP contribution in [0.25, 0.3) is 78.3 Å². The van der Waals surface area contributed by atoms with E-state index in [0.29, 0.717) is 17.5 Å². The number of pyridine rings is 1. The van der Waals surface area contributed by atoms with Crippen molar-refractivity contribution >= 4 is 10.8 Å². The summed E-state index contributed by atoms with van der Waals surface area (Å²) in [4.78, 5) is 19.3. The fourth-order valence-corrected chi connectivity index (χ4v) is 7.32. The summed E-state index contributed by atoms with van der Waals surface area (Å²) >= 11 is 0. The first-order valence-electron chi connectivity index (χ1n) is 16.6. The molecule has 0 N–H and O–H groups in total. The van der Waals surface area contributed by atoms with Gasteiger partial charge in [-0.3, -0.25) is 4.98 Å². The Morgan fingerprint density at radius 3 is 1.86 bits per heavy atom. The lowest BCUT2D eigenvalue weighted by molar-refractivity contribution is 0.661. The Balaban J connectivity index is 1.16. The van der Waals surface area contributed by atoms with Gasteiger partial charge in [-0.1, -0.05) is 141 Å². The van der Waals surface area contributed by atoms with E-state index in [0.717, 1.165) is 33.4 Å². The van der Waals surface area contributed by atoms with E-state index < -0.39 is 0 Å². The molecule has 0 spiro atoms. The van der Waals surface area contributed by atoms with Gasteiger partial charge >= 0.3 is 0 Å². The van der Waals surface area contributed by atoms with Crippen LogP contribution in [-0.2, 0) is 5.41 Å². The van der Waals surface area contributed by atoms with Gasteiger partial charge in [0.25, 0.3) is 0 Å². The van der Waals surface area contributed by atoms with E-state index in [2.05, 4.69) is 146 Å². The number of rotatable bonds is 5. The number of benzene rings is 6. The van der Waals surface area contributed by atoms with Crippen molar-refractivity contribution < 1.29 is 0 Å². The number of aromatic nitrogens is 4. The molecule has 4 nitrogen and oxygen atoms in total. The van der Waals surface area contributed by atoms with Gasteiger partial charge < -0.3 is 0 Å². The minimum absolute atomic E-state index is 0.0908. The minimum Gasteiger partial charge on any atom is -0.264 e. The van der Waals surface area contributed by atoms with E-state index in [4.69, 9.17) is 15.0 Å². The summed E-state index contributed by atoms with van der Waals surface area (Å²) < 4.78 is 0. The highest BCUT2D eigenvalue weighted by molar-refractivity contribution is 6.06. The summed E-state index contributed by atoms with van der Waals surface area (Å²) in [6.07, 6.45) is 3.56. The van der Waals surface area contributed by atoms with Crippen LogP contribution >= 0.6 is 0 Å². The molecule has 2 heterocycles. The van der Waals surface area contributed by atoms with Crippen LogP contribution in [-0.4, -0.2) is 19.9 Å². The van der Waals surface area contributed by atoms with Gasteiger partial charge in [0.05, 0.1) is 0 Å². The van der Waals surface area contributed by atoms with Crippen LogP contribution in [0.15, 0.2) is 158 Å². The Morgan fingerprint density at radius 2 is 1.06 bits per heavy atom. The molecule has 9 rings (SSSR count). The number of hydrogen-bond donors (Lipinski definition) is 0. The predicted octanol–water partition coefficient (Wildman–Crippen LogP) is 11.1. The molecule has 0 saturated heterocycles. The standard InChI is InChI=1S/C45H32N4/c1-45(2)38-19-9-18-37(40(38)41-36-17-7-6-13-30(36)24-25-39(41)45)31-20-22-32(23-21-31)42-47-43(49-44(48-42)35-16-10-26-46-28-35)34-15-8-14-33(27-34)29-11-4-3-5-12-29/h3-28H,1-2H3. The molecule has 2 aromatic heterocycles. The van der Waals surface area contributed by atoms with Crippen LogP contribution in [0.3, 0.4) is 0 Å². The first-order valence-corrected chi connectivity index (χ1v) is 16.6. The number of hydrogen-bond acceptors (Lipinski definition) is 4. The van der Waals surface area contributed by atoms with Crippen molar-refractivity contribution in [3.8, 4) is 67.5 Å². The van der Waals surface area contributed by atoms with Gasteiger partial charge in [-0.05, 0) is 73.5 Å². The largest absolute Gasteiger partial charge is 0.264 e. The maximum Gasteiger partial charge on any atom is 0.165 e. The Labute approximate surface area is 285 Å². The summed E-state index contributed by atoms with van der Waals surface area (Å²) in [5, 5.41) is 2.56. The maximum atomic E-state index is 5.03. The van der Waals surface area contributed by atoms with Gasteiger partial charge in [0, 0.05) is 34.5 Å². The fourth-order valence-electron chi connectivity index (χ4n) is 7.32. The third-order valence-corrected chi connectivity index (χ3v) is 9.83. The predicted molar refractivity (Wildman–Crippen MR) is 200 cm³/mol. The third-order valence-electron chi connectivity index (χ3n) is 9.83. The second kappa shape index (κ2) is 11.5. The zero-order chi connectivity index (χ0) is 33.0. The fraction of sp³-hybridized carbons (Fsp3) is 0.0667. The van der Waals surface area contributed by atoms with Crippen molar-refractivity contribution in [1.29, 1.82) is 0 Å². The summed E-state index contributed by atoms with van der Waals surface area (Å²) in [5.74, 6) is 1.84. The Morgan fingerprint density at radius 1 is 0.429 bits per heavy atom. The molecule has 1 aliphatic rings. The van der Waals surface area contributed by atoms with Crippen LogP contribution in [0.5, 0.6) is 0 Å². The lowest BCUT2D eigenvalue weighted by Crippen LogP contribution is -2.14. The molecule has 0 atom stereocenters. The minimum atomic E-state index is -0.0908. The van der Waals surface area contributed by atoms with E-state index in [1.807, 2.05) is 18.2 Å². The summed E-state index contributed by atoms with van der Waals surface area (Å²) in [6, 6.07) is 51.3. The van der Waals surface area contributed by atoms with Gasteiger partial charge in [-0.2, -0.15) is 0 Å². The first kappa shape index (κ1) is 28.9. The monoisotopic (exact) mass is 628 g/mol. The number of fused-ring (bicyclic) bond motifs is 5. The van der Waals surface area contributed by atoms with E-state index in [9.17, 15) is 0 Å². The summed E-state index contributed by atoms with van der Waals surface area (Å²) in [7, 11) is 0. The van der Waals surface area contributed by atoms with E-state index in [-0.39, 0.29) is 5.41 Å². The molecule has 0 radical (unpaired) electrons. The van der Waals surface area contributed by atoms with Crippen molar-refractivity contribution in [1.82, 2.24) is 19.9 Å². The molecule has 49 heavy (non-hydrogen) atoms. The van der Waals surface area contributed by atoms with E-state index in [1.54, 1.807) is 12.4 Å². The van der Waals surface area contributed by atoms with Crippen LogP contribution in [0.2, 0.25) is 0 Å². The van der Waals surface area contributed by atoms with Gasteiger partial charge in [0.1, 0.15) is 0 Å². The van der Waals surface area contributed by atoms with Crippen LogP contribution in [0.1, 0.15) is 25.0 Å². The molecule has 4 heteroatoms. The third kappa shape index (κ3) is 4.92. The maximum absolute atomic E-state index is 5.03. The highest BCUT2D eigenvalue weighted by Crippen LogP contribution is 2.54. The van der Waals surface area contributed by atoms with Gasteiger partial charge in [-0.15, -0.1) is 0 Å². The second-order valence-corrected chi connectivity index (χ2v) is 13.1. The highest BCUT2D eigenvalue weighted by atomic mass is 15.0. The number of nitrogens with zero attached hydrogens (tertiary/aromatic N) is 4. The topological polar surface area (TPSA) is 51.6 Å². The van der Waals surface area contributed by atoms with Crippen molar-refractivity contribution in [2.45, 2.75) is 19.3 Å². The van der Waals surface area contributed by atoms with Gasteiger partial charge in [0.2, 0.25) is 0 Å². The van der Waals surface area contributed by atoms with Crippen molar-refractivity contribution in [3.63, 3.8) is 0 Å². The molecule has 0 unspecified atom stereocenters. The zero-order valence-electron chi connectivity index (χ0n) is 27.3. The average Bonchev–Trinajstić information content (AvgIpc) is 3.42. The van der Waals surface area contributed by atoms with E-state index in [1.165, 1.54) is 38.6 Å². The van der Waals surface area contributed by atoms with Gasteiger partial charge in [-0.25, -0.2) is 15.0 Å². The zero-order valence-corrected chi connectivity index (χ0v) is 27.3. The molecule has 6 aromatic carbocycles. The van der Waals surface area contributed by atoms with Crippen molar-refractivity contribution in [3.05, 3.63) is 169 Å². The van der Waals surface area contributed by atoms with E-state index >= 15 is 0 Å². The SMILES string of the molecule is CC1(C)c2cccc(-c3ccc(-c4nc(-c5cccnc5)nc(-c5cccc(-c6ccccc6)c5)n4)cc3)c2-c2c1ccc1ccccc21.